The van der Waals surface area contributed by atoms with Crippen LogP contribution in [0.1, 0.15) is 91.9 Å². The predicted octanol–water partition coefficient (Wildman–Crippen LogP) is 4.57. The van der Waals surface area contributed by atoms with Gasteiger partial charge >= 0.3 is 7.25 Å². The Morgan fingerprint density at radius 1 is 0.833 bits per heavy atom. The number of hydrogen-bond donors (Lipinski definition) is 0. The minimum absolute atomic E-state index is 0.288. The summed E-state index contributed by atoms with van der Waals surface area (Å²) in [6.45, 7) is 8.52. The van der Waals surface area contributed by atoms with Gasteiger partial charge in [0.2, 0.25) is 0 Å². The standard InChI is InChI=1S/C19H35BN2O2/c1-18(2)19(3,4)24-20(23-18)22(17-13-9-6-10-14-17)15-21-16-11-7-5-8-12-16/h15-17H,5-14H2,1-4H3. The maximum Gasteiger partial charge on any atom is 0.595 e. The maximum absolute atomic E-state index is 6.33. The second kappa shape index (κ2) is 7.37. The summed E-state index contributed by atoms with van der Waals surface area (Å²) in [6.07, 6.45) is 15.0. The fraction of sp³-hybridized carbons (Fsp3) is 0.947. The molecule has 1 saturated heterocycles. The minimum atomic E-state index is -0.301. The summed E-state index contributed by atoms with van der Waals surface area (Å²) in [5, 5.41) is 0. The van der Waals surface area contributed by atoms with Crippen LogP contribution in [0.5, 0.6) is 0 Å². The molecule has 2 aliphatic carbocycles. The van der Waals surface area contributed by atoms with Crippen LogP contribution < -0.4 is 0 Å². The first-order chi connectivity index (χ1) is 11.4. The molecule has 5 heteroatoms. The lowest BCUT2D eigenvalue weighted by atomic mass is 9.89. The highest BCUT2D eigenvalue weighted by atomic mass is 16.7. The summed E-state index contributed by atoms with van der Waals surface area (Å²) in [5.41, 5.74) is -0.577. The van der Waals surface area contributed by atoms with Gasteiger partial charge in [0.1, 0.15) is 0 Å². The molecule has 0 radical (unpaired) electrons. The number of rotatable bonds is 4. The van der Waals surface area contributed by atoms with Gasteiger partial charge in [-0.3, -0.25) is 4.99 Å². The van der Waals surface area contributed by atoms with Crippen LogP contribution in [0.15, 0.2) is 4.99 Å². The van der Waals surface area contributed by atoms with Gasteiger partial charge in [0.25, 0.3) is 0 Å². The fourth-order valence-corrected chi connectivity index (χ4v) is 4.04. The molecule has 0 amide bonds. The van der Waals surface area contributed by atoms with E-state index in [9.17, 15) is 0 Å². The molecular weight excluding hydrogens is 299 g/mol. The van der Waals surface area contributed by atoms with Crippen LogP contribution in [0, 0.1) is 0 Å². The molecule has 1 aliphatic heterocycles. The van der Waals surface area contributed by atoms with E-state index in [0.29, 0.717) is 12.1 Å². The average molecular weight is 334 g/mol. The Morgan fingerprint density at radius 3 is 1.88 bits per heavy atom. The van der Waals surface area contributed by atoms with Gasteiger partial charge in [-0.2, -0.15) is 0 Å². The smallest absolute Gasteiger partial charge is 0.384 e. The number of hydrogen-bond acceptors (Lipinski definition) is 3. The van der Waals surface area contributed by atoms with Crippen molar-refractivity contribution in [1.82, 2.24) is 4.81 Å². The van der Waals surface area contributed by atoms with Crippen molar-refractivity contribution in [1.29, 1.82) is 0 Å². The van der Waals surface area contributed by atoms with Crippen molar-refractivity contribution in [2.45, 2.75) is 115 Å². The van der Waals surface area contributed by atoms with Crippen molar-refractivity contribution in [2.75, 3.05) is 0 Å². The highest BCUT2D eigenvalue weighted by Gasteiger charge is 2.54. The maximum atomic E-state index is 6.33. The largest absolute Gasteiger partial charge is 0.595 e. The van der Waals surface area contributed by atoms with Crippen molar-refractivity contribution in [3.8, 4) is 0 Å². The molecule has 3 rings (SSSR count). The van der Waals surface area contributed by atoms with Gasteiger partial charge in [0.05, 0.1) is 23.6 Å². The van der Waals surface area contributed by atoms with Crippen molar-refractivity contribution in [2.24, 2.45) is 4.99 Å². The van der Waals surface area contributed by atoms with E-state index in [0.717, 1.165) is 0 Å². The Balaban J connectivity index is 1.73. The SMILES string of the molecule is CC1(C)OB(N(C=NC2CCCCC2)C2CCCCC2)OC1(C)C. The molecule has 136 valence electrons. The van der Waals surface area contributed by atoms with E-state index in [1.165, 1.54) is 64.2 Å². The first kappa shape index (κ1) is 18.3. The average Bonchev–Trinajstić information content (AvgIpc) is 2.77. The predicted molar refractivity (Wildman–Crippen MR) is 100 cm³/mol. The third-order valence-corrected chi connectivity index (χ3v) is 6.47. The molecule has 0 aromatic heterocycles. The van der Waals surface area contributed by atoms with Crippen LogP contribution in [0.2, 0.25) is 0 Å². The van der Waals surface area contributed by atoms with Crippen LogP contribution >= 0.6 is 0 Å². The molecule has 3 aliphatic rings. The summed E-state index contributed by atoms with van der Waals surface area (Å²) in [7, 11) is -0.301. The molecule has 24 heavy (non-hydrogen) atoms. The Labute approximate surface area is 148 Å². The van der Waals surface area contributed by atoms with E-state index in [2.05, 4.69) is 38.8 Å². The molecule has 0 aromatic rings. The lowest BCUT2D eigenvalue weighted by molar-refractivity contribution is 0.00578. The quantitative estimate of drug-likeness (QED) is 0.429. The van der Waals surface area contributed by atoms with Crippen molar-refractivity contribution < 1.29 is 9.31 Å². The van der Waals surface area contributed by atoms with E-state index in [4.69, 9.17) is 14.3 Å². The van der Waals surface area contributed by atoms with Gasteiger partial charge in [-0.25, -0.2) is 0 Å². The monoisotopic (exact) mass is 334 g/mol. The third kappa shape index (κ3) is 3.99. The lowest BCUT2D eigenvalue weighted by Crippen LogP contribution is -2.48. The lowest BCUT2D eigenvalue weighted by Gasteiger charge is -2.34. The molecule has 1 heterocycles. The first-order valence-corrected chi connectivity index (χ1v) is 10.1. The summed E-state index contributed by atoms with van der Waals surface area (Å²) in [4.78, 5) is 7.24. The van der Waals surface area contributed by atoms with Gasteiger partial charge in [-0.15, -0.1) is 0 Å². The first-order valence-electron chi connectivity index (χ1n) is 10.1. The number of aliphatic imine (C=N–C) groups is 1. The zero-order valence-corrected chi connectivity index (χ0v) is 16.1. The van der Waals surface area contributed by atoms with Gasteiger partial charge in [-0.05, 0) is 53.4 Å². The van der Waals surface area contributed by atoms with Gasteiger partial charge in [0.15, 0.2) is 0 Å². The van der Waals surface area contributed by atoms with Crippen molar-refractivity contribution in [3.63, 3.8) is 0 Å². The van der Waals surface area contributed by atoms with Gasteiger partial charge in [0, 0.05) is 6.04 Å². The van der Waals surface area contributed by atoms with E-state index in [1.54, 1.807) is 0 Å². The van der Waals surface area contributed by atoms with Crippen LogP contribution in [0.3, 0.4) is 0 Å². The molecule has 0 atom stereocenters. The molecular formula is C19H35BN2O2. The normalized spacial score (nSPS) is 28.6. The molecule has 0 aromatic carbocycles. The molecule has 4 nitrogen and oxygen atoms in total. The third-order valence-electron chi connectivity index (χ3n) is 6.47. The summed E-state index contributed by atoms with van der Waals surface area (Å²) in [5.74, 6) is 0. The molecule has 2 saturated carbocycles. The molecule has 0 N–H and O–H groups in total. The van der Waals surface area contributed by atoms with Crippen molar-refractivity contribution in [3.05, 3.63) is 0 Å². The zero-order valence-electron chi connectivity index (χ0n) is 16.1. The zero-order chi connectivity index (χ0) is 17.2. The summed E-state index contributed by atoms with van der Waals surface area (Å²) < 4.78 is 12.7. The van der Waals surface area contributed by atoms with Gasteiger partial charge < -0.3 is 14.1 Å². The number of nitrogens with zero attached hydrogens (tertiary/aromatic N) is 2. The highest BCUT2D eigenvalue weighted by molar-refractivity contribution is 6.45. The topological polar surface area (TPSA) is 34.1 Å². The van der Waals surface area contributed by atoms with Crippen LogP contribution in [0.25, 0.3) is 0 Å². The second-order valence-electron chi connectivity index (χ2n) is 8.86. The van der Waals surface area contributed by atoms with Crippen LogP contribution in [-0.2, 0) is 9.31 Å². The minimum Gasteiger partial charge on any atom is -0.384 e. The molecule has 0 bridgehead atoms. The summed E-state index contributed by atoms with van der Waals surface area (Å²) in [6, 6.07) is 0.994. The fourth-order valence-electron chi connectivity index (χ4n) is 4.04. The molecule has 3 fully saturated rings. The van der Waals surface area contributed by atoms with E-state index < -0.39 is 0 Å². The van der Waals surface area contributed by atoms with Crippen LogP contribution in [0.4, 0.5) is 0 Å². The van der Waals surface area contributed by atoms with E-state index in [-0.39, 0.29) is 18.5 Å². The van der Waals surface area contributed by atoms with Crippen molar-refractivity contribution >= 4 is 13.6 Å². The molecule has 0 unspecified atom stereocenters. The Hall–Kier alpha value is -0.545. The summed E-state index contributed by atoms with van der Waals surface area (Å²) >= 11 is 0. The molecule has 0 spiro atoms. The Morgan fingerprint density at radius 2 is 1.33 bits per heavy atom. The van der Waals surface area contributed by atoms with E-state index in [1.807, 2.05) is 0 Å². The van der Waals surface area contributed by atoms with E-state index >= 15 is 0 Å². The van der Waals surface area contributed by atoms with Crippen LogP contribution in [-0.4, -0.2) is 41.7 Å². The Kier molecular flexibility index (Phi) is 5.60. The second-order valence-corrected chi connectivity index (χ2v) is 8.86. The highest BCUT2D eigenvalue weighted by Crippen LogP contribution is 2.38. The Bertz CT molecular complexity index is 425. The van der Waals surface area contributed by atoms with Gasteiger partial charge in [-0.1, -0.05) is 38.5 Å².